The first-order valence-electron chi connectivity index (χ1n) is 8.81. The van der Waals surface area contributed by atoms with Crippen LogP contribution in [0.1, 0.15) is 24.8 Å². The smallest absolute Gasteiger partial charge is 0.370 e. The number of halogens is 4. The SMILES string of the molecule is CN=C(NCCNc1ncccc1C(F)(F)F)N1CCCC(CC(N)=O)C1.I. The molecular formula is C17H26F3IN6O. The lowest BCUT2D eigenvalue weighted by atomic mass is 9.95. The van der Waals surface area contributed by atoms with Crippen molar-refractivity contribution < 1.29 is 18.0 Å². The molecule has 2 rings (SSSR count). The maximum atomic E-state index is 13.0. The molecule has 0 radical (unpaired) electrons. The summed E-state index contributed by atoms with van der Waals surface area (Å²) in [5.41, 5.74) is 4.48. The highest BCUT2D eigenvalue weighted by atomic mass is 127. The lowest BCUT2D eigenvalue weighted by Gasteiger charge is -2.34. The predicted molar refractivity (Wildman–Crippen MR) is 113 cm³/mol. The molecule has 1 unspecified atom stereocenters. The van der Waals surface area contributed by atoms with Gasteiger partial charge in [0.15, 0.2) is 5.96 Å². The number of aliphatic imine (C=N–C) groups is 1. The molecule has 0 saturated carbocycles. The number of aromatic nitrogens is 1. The molecule has 1 fully saturated rings. The van der Waals surface area contributed by atoms with Gasteiger partial charge in [0, 0.05) is 45.8 Å². The molecule has 158 valence electrons. The van der Waals surface area contributed by atoms with E-state index in [1.807, 2.05) is 4.90 Å². The number of hydrogen-bond acceptors (Lipinski definition) is 4. The Morgan fingerprint density at radius 3 is 2.82 bits per heavy atom. The molecule has 1 aromatic rings. The summed E-state index contributed by atoms with van der Waals surface area (Å²) in [7, 11) is 1.65. The van der Waals surface area contributed by atoms with Crippen molar-refractivity contribution in [3.8, 4) is 0 Å². The second kappa shape index (κ2) is 11.3. The highest BCUT2D eigenvalue weighted by molar-refractivity contribution is 14.0. The molecule has 1 amide bonds. The van der Waals surface area contributed by atoms with Crippen molar-refractivity contribution in [1.82, 2.24) is 15.2 Å². The van der Waals surface area contributed by atoms with Gasteiger partial charge in [-0.05, 0) is 30.9 Å². The number of hydrogen-bond donors (Lipinski definition) is 3. The Hall–Kier alpha value is -1.79. The third kappa shape index (κ3) is 7.32. The van der Waals surface area contributed by atoms with Gasteiger partial charge in [0.1, 0.15) is 5.82 Å². The molecular weight excluding hydrogens is 488 g/mol. The molecule has 28 heavy (non-hydrogen) atoms. The number of rotatable bonds is 6. The third-order valence-corrected chi connectivity index (χ3v) is 4.33. The molecule has 4 N–H and O–H groups in total. The molecule has 11 heteroatoms. The summed E-state index contributed by atoms with van der Waals surface area (Å²) < 4.78 is 38.9. The number of likely N-dealkylation sites (tertiary alicyclic amines) is 1. The molecule has 0 spiro atoms. The summed E-state index contributed by atoms with van der Waals surface area (Å²) in [5.74, 6) is 0.338. The number of carbonyl (C=O) groups is 1. The van der Waals surface area contributed by atoms with Crippen molar-refractivity contribution in [3.63, 3.8) is 0 Å². The van der Waals surface area contributed by atoms with E-state index in [-0.39, 0.29) is 48.2 Å². The van der Waals surface area contributed by atoms with Crippen LogP contribution in [-0.4, -0.2) is 55.0 Å². The first-order valence-corrected chi connectivity index (χ1v) is 8.81. The fraction of sp³-hybridized carbons (Fsp3) is 0.588. The maximum absolute atomic E-state index is 13.0. The third-order valence-electron chi connectivity index (χ3n) is 4.33. The van der Waals surface area contributed by atoms with Crippen molar-refractivity contribution in [2.75, 3.05) is 38.5 Å². The van der Waals surface area contributed by atoms with Gasteiger partial charge in [-0.3, -0.25) is 9.79 Å². The van der Waals surface area contributed by atoms with Crippen LogP contribution in [-0.2, 0) is 11.0 Å². The minimum atomic E-state index is -4.46. The maximum Gasteiger partial charge on any atom is 0.419 e. The van der Waals surface area contributed by atoms with Crippen molar-refractivity contribution in [3.05, 3.63) is 23.9 Å². The monoisotopic (exact) mass is 514 g/mol. The van der Waals surface area contributed by atoms with E-state index < -0.39 is 11.7 Å². The average Bonchev–Trinajstić information content (AvgIpc) is 2.61. The van der Waals surface area contributed by atoms with Crippen molar-refractivity contribution in [2.45, 2.75) is 25.4 Å². The summed E-state index contributed by atoms with van der Waals surface area (Å²) in [6.07, 6.45) is -0.924. The van der Waals surface area contributed by atoms with Crippen LogP contribution >= 0.6 is 24.0 Å². The summed E-state index contributed by atoms with van der Waals surface area (Å²) >= 11 is 0. The van der Waals surface area contributed by atoms with E-state index in [0.29, 0.717) is 25.5 Å². The molecule has 7 nitrogen and oxygen atoms in total. The summed E-state index contributed by atoms with van der Waals surface area (Å²) in [6, 6.07) is 2.25. The van der Waals surface area contributed by atoms with E-state index in [1.165, 1.54) is 12.3 Å². The van der Waals surface area contributed by atoms with E-state index in [4.69, 9.17) is 5.73 Å². The van der Waals surface area contributed by atoms with Crippen LogP contribution in [0.5, 0.6) is 0 Å². The van der Waals surface area contributed by atoms with E-state index in [2.05, 4.69) is 20.6 Å². The molecule has 1 aliphatic heterocycles. The second-order valence-corrected chi connectivity index (χ2v) is 6.42. The van der Waals surface area contributed by atoms with Crippen LogP contribution in [0.4, 0.5) is 19.0 Å². The van der Waals surface area contributed by atoms with Gasteiger partial charge in [0.2, 0.25) is 5.91 Å². The highest BCUT2D eigenvalue weighted by Gasteiger charge is 2.34. The van der Waals surface area contributed by atoms with Gasteiger partial charge >= 0.3 is 6.18 Å². The van der Waals surface area contributed by atoms with Gasteiger partial charge in [-0.1, -0.05) is 0 Å². The van der Waals surface area contributed by atoms with Crippen molar-refractivity contribution in [2.24, 2.45) is 16.6 Å². The van der Waals surface area contributed by atoms with Crippen LogP contribution in [0.3, 0.4) is 0 Å². The number of piperidine rings is 1. The number of alkyl halides is 3. The number of primary amides is 1. The summed E-state index contributed by atoms with van der Waals surface area (Å²) in [4.78, 5) is 21.1. The van der Waals surface area contributed by atoms with E-state index in [9.17, 15) is 18.0 Å². The average molecular weight is 514 g/mol. The fourth-order valence-corrected chi connectivity index (χ4v) is 3.17. The van der Waals surface area contributed by atoms with Crippen LogP contribution in [0.15, 0.2) is 23.3 Å². The van der Waals surface area contributed by atoms with E-state index in [0.717, 1.165) is 25.5 Å². The van der Waals surface area contributed by atoms with E-state index >= 15 is 0 Å². The second-order valence-electron chi connectivity index (χ2n) is 6.42. The Kier molecular flexibility index (Phi) is 9.76. The number of nitrogens with two attached hydrogens (primary N) is 1. The Bertz CT molecular complexity index is 671. The minimum Gasteiger partial charge on any atom is -0.370 e. The zero-order valence-electron chi connectivity index (χ0n) is 15.6. The summed E-state index contributed by atoms with van der Waals surface area (Å²) in [5, 5.41) is 5.84. The molecule has 1 atom stereocenters. The lowest BCUT2D eigenvalue weighted by molar-refractivity contribution is -0.137. The van der Waals surface area contributed by atoms with Gasteiger partial charge in [0.25, 0.3) is 0 Å². The van der Waals surface area contributed by atoms with Gasteiger partial charge in [-0.15, -0.1) is 24.0 Å². The normalized spacial score (nSPS) is 17.6. The number of amides is 1. The van der Waals surface area contributed by atoms with E-state index in [1.54, 1.807) is 7.05 Å². The van der Waals surface area contributed by atoms with Gasteiger partial charge in [-0.2, -0.15) is 13.2 Å². The number of carbonyl (C=O) groups excluding carboxylic acids is 1. The number of nitrogens with one attached hydrogen (secondary N) is 2. The number of anilines is 1. The Morgan fingerprint density at radius 2 is 2.18 bits per heavy atom. The minimum absolute atomic E-state index is 0. The highest BCUT2D eigenvalue weighted by Crippen LogP contribution is 2.33. The zero-order valence-corrected chi connectivity index (χ0v) is 18.0. The molecule has 2 heterocycles. The first kappa shape index (κ1) is 24.2. The quantitative estimate of drug-likeness (QED) is 0.235. The Labute approximate surface area is 179 Å². The van der Waals surface area contributed by atoms with Gasteiger partial charge in [0.05, 0.1) is 5.56 Å². The largest absolute Gasteiger partial charge is 0.419 e. The first-order chi connectivity index (χ1) is 12.8. The predicted octanol–water partition coefficient (Wildman–Crippen LogP) is 2.29. The van der Waals surface area contributed by atoms with Crippen LogP contribution < -0.4 is 16.4 Å². The van der Waals surface area contributed by atoms with Crippen LogP contribution in [0.2, 0.25) is 0 Å². The molecule has 1 aliphatic rings. The van der Waals surface area contributed by atoms with Crippen molar-refractivity contribution in [1.29, 1.82) is 0 Å². The Balaban J connectivity index is 0.00000392. The van der Waals surface area contributed by atoms with Crippen LogP contribution in [0.25, 0.3) is 0 Å². The van der Waals surface area contributed by atoms with Crippen molar-refractivity contribution >= 4 is 41.7 Å². The Morgan fingerprint density at radius 1 is 1.43 bits per heavy atom. The number of nitrogens with zero attached hydrogens (tertiary/aromatic N) is 3. The standard InChI is InChI=1S/C17H25F3N6O.HI/c1-22-16(26-9-3-4-12(11-26)10-14(21)27)25-8-7-24-15-13(17(18,19)20)5-2-6-23-15;/h2,5-6,12H,3-4,7-11H2,1H3,(H2,21,27)(H,22,25)(H,23,24);1H. The van der Waals surface area contributed by atoms with Gasteiger partial charge < -0.3 is 21.3 Å². The molecule has 0 bridgehead atoms. The van der Waals surface area contributed by atoms with Crippen LogP contribution in [0, 0.1) is 5.92 Å². The summed E-state index contributed by atoms with van der Waals surface area (Å²) in [6.45, 7) is 2.10. The topological polar surface area (TPSA) is 95.6 Å². The molecule has 1 saturated heterocycles. The lowest BCUT2D eigenvalue weighted by Crippen LogP contribution is -2.48. The molecule has 0 aromatic carbocycles. The number of pyridine rings is 1. The zero-order chi connectivity index (χ0) is 19.9. The molecule has 0 aliphatic carbocycles. The van der Waals surface area contributed by atoms with Gasteiger partial charge in [-0.25, -0.2) is 4.98 Å². The number of guanidine groups is 1. The fourth-order valence-electron chi connectivity index (χ4n) is 3.17. The molecule has 1 aromatic heterocycles.